The average molecular weight is 478 g/mol. The van der Waals surface area contributed by atoms with Crippen LogP contribution in [0.25, 0.3) is 11.1 Å². The monoisotopic (exact) mass is 477 g/mol. The van der Waals surface area contributed by atoms with Crippen molar-refractivity contribution in [3.05, 3.63) is 66.0 Å². The summed E-state index contributed by atoms with van der Waals surface area (Å²) in [6, 6.07) is 11.0. The summed E-state index contributed by atoms with van der Waals surface area (Å²) in [5.41, 5.74) is 2.96. The zero-order valence-corrected chi connectivity index (χ0v) is 19.6. The highest BCUT2D eigenvalue weighted by atomic mass is 19.1. The summed E-state index contributed by atoms with van der Waals surface area (Å²) in [4.78, 5) is 24.0. The van der Waals surface area contributed by atoms with Gasteiger partial charge < -0.3 is 20.2 Å². The Morgan fingerprint density at radius 2 is 2.06 bits per heavy atom. The predicted molar refractivity (Wildman–Crippen MR) is 130 cm³/mol. The number of nitrogens with one attached hydrogen (secondary N) is 2. The van der Waals surface area contributed by atoms with Crippen LogP contribution in [-0.2, 0) is 20.7 Å². The van der Waals surface area contributed by atoms with E-state index in [2.05, 4.69) is 11.9 Å². The number of rotatable bonds is 7. The number of nitrogens with zero attached hydrogens (tertiary/aromatic N) is 1. The summed E-state index contributed by atoms with van der Waals surface area (Å²) >= 11 is 0. The highest BCUT2D eigenvalue weighted by Crippen LogP contribution is 2.28. The largest absolute Gasteiger partial charge is 0.423 e. The van der Waals surface area contributed by atoms with Crippen LogP contribution in [0.3, 0.4) is 0 Å². The van der Waals surface area contributed by atoms with E-state index in [1.165, 1.54) is 6.07 Å². The molecule has 0 aromatic heterocycles. The maximum absolute atomic E-state index is 14.9. The van der Waals surface area contributed by atoms with Gasteiger partial charge in [-0.15, -0.1) is 0 Å². The van der Waals surface area contributed by atoms with E-state index >= 15 is 0 Å². The molecule has 0 saturated carbocycles. The average Bonchev–Trinajstić information content (AvgIpc) is 2.83. The number of ether oxygens (including phenoxy) is 2. The first-order valence-corrected chi connectivity index (χ1v) is 11.4. The Hall–Kier alpha value is -3.83. The molecule has 1 amide bonds. The molecule has 1 aliphatic rings. The lowest BCUT2D eigenvalue weighted by Crippen LogP contribution is -2.43. The van der Waals surface area contributed by atoms with Crippen molar-refractivity contribution < 1.29 is 23.5 Å². The van der Waals surface area contributed by atoms with Gasteiger partial charge in [-0.2, -0.15) is 5.26 Å². The molecule has 2 N–H and O–H groups in total. The molecule has 0 radical (unpaired) electrons. The Kier molecular flexibility index (Phi) is 8.87. The van der Waals surface area contributed by atoms with E-state index in [4.69, 9.17) is 14.9 Å². The van der Waals surface area contributed by atoms with Gasteiger partial charge in [-0.25, -0.2) is 9.18 Å². The van der Waals surface area contributed by atoms with Crippen molar-refractivity contribution in [3.63, 3.8) is 0 Å². The van der Waals surface area contributed by atoms with Crippen molar-refractivity contribution in [1.29, 1.82) is 10.7 Å². The molecule has 0 aliphatic carbocycles. The van der Waals surface area contributed by atoms with Crippen LogP contribution < -0.4 is 10.1 Å². The number of esters is 1. The first-order chi connectivity index (χ1) is 16.8. The van der Waals surface area contributed by atoms with E-state index < -0.39 is 29.8 Å². The van der Waals surface area contributed by atoms with E-state index in [9.17, 15) is 19.2 Å². The Morgan fingerprint density at radius 1 is 1.31 bits per heavy atom. The highest BCUT2D eigenvalue weighted by Gasteiger charge is 2.24. The van der Waals surface area contributed by atoms with Crippen LogP contribution >= 0.6 is 0 Å². The standard InChI is InChI=1S/C27H28FN3O4/c1-3-26(32)35-24-10-8-18(13-17(24)2)19-6-7-20(23(28)15-19)14-22(16-29)31-27(33)25-11-9-21(30)5-4-12-34-25/h3,6-8,10,13,15,22,25,30H,1,4-5,9,11-12,14H2,2H3,(H,31,33)/t22-,25-/m0/s1. The van der Waals surface area contributed by atoms with Gasteiger partial charge in [0.25, 0.3) is 0 Å². The van der Waals surface area contributed by atoms with E-state index in [0.717, 1.165) is 11.6 Å². The third kappa shape index (κ3) is 7.08. The molecule has 1 aliphatic heterocycles. The Balaban J connectivity index is 1.67. The van der Waals surface area contributed by atoms with Crippen LogP contribution in [0.1, 0.15) is 36.8 Å². The van der Waals surface area contributed by atoms with E-state index in [-0.39, 0.29) is 6.42 Å². The van der Waals surface area contributed by atoms with Crippen molar-refractivity contribution in [1.82, 2.24) is 5.32 Å². The lowest BCUT2D eigenvalue weighted by atomic mass is 9.98. The van der Waals surface area contributed by atoms with Crippen molar-refractivity contribution in [2.24, 2.45) is 0 Å². The Bertz CT molecular complexity index is 1170. The summed E-state index contributed by atoms with van der Waals surface area (Å²) in [5.74, 6) is -1.08. The summed E-state index contributed by atoms with van der Waals surface area (Å²) in [6.45, 7) is 5.53. The molecule has 182 valence electrons. The zero-order valence-electron chi connectivity index (χ0n) is 19.6. The minimum Gasteiger partial charge on any atom is -0.423 e. The second-order valence-electron chi connectivity index (χ2n) is 8.41. The van der Waals surface area contributed by atoms with E-state index in [0.29, 0.717) is 60.4 Å². The molecule has 1 fully saturated rings. The second-order valence-corrected chi connectivity index (χ2v) is 8.41. The van der Waals surface area contributed by atoms with Gasteiger partial charge in [-0.05, 0) is 73.1 Å². The predicted octanol–water partition coefficient (Wildman–Crippen LogP) is 4.42. The van der Waals surface area contributed by atoms with Gasteiger partial charge in [0.15, 0.2) is 0 Å². The van der Waals surface area contributed by atoms with Gasteiger partial charge >= 0.3 is 5.97 Å². The SMILES string of the molecule is C=CC(=O)Oc1ccc(-c2ccc(C[C@@H](C#N)NC(=O)[C@@H]3CCC(=N)CCCO3)c(F)c2)cc1C. The third-order valence-corrected chi connectivity index (χ3v) is 5.78. The van der Waals surface area contributed by atoms with Gasteiger partial charge in [0.1, 0.15) is 23.7 Å². The number of halogens is 1. The molecule has 2 atom stereocenters. The van der Waals surface area contributed by atoms with Crippen molar-refractivity contribution >= 4 is 17.6 Å². The smallest absolute Gasteiger partial charge is 0.335 e. The van der Waals surface area contributed by atoms with Crippen LogP contribution in [-0.4, -0.2) is 36.3 Å². The summed E-state index contributed by atoms with van der Waals surface area (Å²) in [5, 5.41) is 20.0. The molecule has 0 unspecified atom stereocenters. The number of carbonyl (C=O) groups excluding carboxylic acids is 2. The Morgan fingerprint density at radius 3 is 2.74 bits per heavy atom. The molecule has 1 heterocycles. The molecule has 2 aromatic carbocycles. The van der Waals surface area contributed by atoms with Crippen molar-refractivity contribution in [2.45, 2.75) is 51.2 Å². The first kappa shape index (κ1) is 25.8. The molecular weight excluding hydrogens is 449 g/mol. The summed E-state index contributed by atoms with van der Waals surface area (Å²) < 4.78 is 25.7. The second kappa shape index (κ2) is 12.0. The van der Waals surface area contributed by atoms with Crippen molar-refractivity contribution in [3.8, 4) is 22.9 Å². The fourth-order valence-electron chi connectivity index (χ4n) is 3.83. The first-order valence-electron chi connectivity index (χ1n) is 11.4. The topological polar surface area (TPSA) is 112 Å². The number of hydrogen-bond donors (Lipinski definition) is 2. The molecule has 8 heteroatoms. The fraction of sp³-hybridized carbons (Fsp3) is 0.333. The molecule has 1 saturated heterocycles. The highest BCUT2D eigenvalue weighted by molar-refractivity contribution is 5.85. The number of hydrogen-bond acceptors (Lipinski definition) is 6. The molecule has 0 spiro atoms. The number of aryl methyl sites for hydroxylation is 1. The summed E-state index contributed by atoms with van der Waals surface area (Å²) in [7, 11) is 0. The number of benzene rings is 2. The van der Waals surface area contributed by atoms with Crippen molar-refractivity contribution in [2.75, 3.05) is 6.61 Å². The molecule has 0 bridgehead atoms. The van der Waals surface area contributed by atoms with Crippen LogP contribution in [0.15, 0.2) is 49.1 Å². The summed E-state index contributed by atoms with van der Waals surface area (Å²) in [6.07, 6.45) is 2.57. The van der Waals surface area contributed by atoms with Crippen LogP contribution in [0, 0.1) is 29.5 Å². The number of nitriles is 1. The minimum atomic E-state index is -0.919. The third-order valence-electron chi connectivity index (χ3n) is 5.78. The lowest BCUT2D eigenvalue weighted by Gasteiger charge is -2.22. The molecule has 7 nitrogen and oxygen atoms in total. The number of amides is 1. The van der Waals surface area contributed by atoms with Gasteiger partial charge in [0, 0.05) is 24.8 Å². The van der Waals surface area contributed by atoms with Gasteiger partial charge in [0.2, 0.25) is 5.91 Å². The van der Waals surface area contributed by atoms with E-state index in [1.54, 1.807) is 37.3 Å². The Labute approximate surface area is 204 Å². The molecule has 35 heavy (non-hydrogen) atoms. The van der Waals surface area contributed by atoms with Crippen LogP contribution in [0.5, 0.6) is 5.75 Å². The fourth-order valence-corrected chi connectivity index (χ4v) is 3.83. The van der Waals surface area contributed by atoms with Gasteiger partial charge in [-0.1, -0.05) is 24.8 Å². The van der Waals surface area contributed by atoms with Crippen LogP contribution in [0.2, 0.25) is 0 Å². The van der Waals surface area contributed by atoms with Gasteiger partial charge in [0.05, 0.1) is 6.07 Å². The molecule has 3 rings (SSSR count). The maximum Gasteiger partial charge on any atom is 0.335 e. The lowest BCUT2D eigenvalue weighted by molar-refractivity contribution is -0.133. The number of carbonyl (C=O) groups is 2. The van der Waals surface area contributed by atoms with Gasteiger partial charge in [-0.3, -0.25) is 4.79 Å². The molecule has 2 aromatic rings. The molecular formula is C27H28FN3O4. The maximum atomic E-state index is 14.9. The van der Waals surface area contributed by atoms with E-state index in [1.807, 2.05) is 6.07 Å². The minimum absolute atomic E-state index is 0.00631. The zero-order chi connectivity index (χ0) is 25.4. The normalized spacial score (nSPS) is 16.8. The van der Waals surface area contributed by atoms with Crippen LogP contribution in [0.4, 0.5) is 4.39 Å². The quantitative estimate of drug-likeness (QED) is 0.348.